The average molecular weight is 631 g/mol. The Morgan fingerprint density at radius 2 is 1.00 bits per heavy atom. The number of methoxy groups -OCH3 is 2. The van der Waals surface area contributed by atoms with E-state index in [9.17, 15) is 18.6 Å². The van der Waals surface area contributed by atoms with E-state index in [-0.39, 0.29) is 11.5 Å². The first-order valence-corrected chi connectivity index (χ1v) is 16.1. The lowest BCUT2D eigenvalue weighted by atomic mass is 10.1. The van der Waals surface area contributed by atoms with E-state index in [0.717, 1.165) is 0 Å². The van der Waals surface area contributed by atoms with Crippen molar-refractivity contribution in [2.75, 3.05) is 27.4 Å². The first-order chi connectivity index (χ1) is 21.7. The Balaban J connectivity index is 1.84. The van der Waals surface area contributed by atoms with Gasteiger partial charge in [-0.05, 0) is 84.6 Å². The molecule has 0 amide bonds. The second kappa shape index (κ2) is 15.2. The minimum Gasteiger partial charge on any atom is -0.504 e. The normalized spacial score (nSPS) is 13.1. The van der Waals surface area contributed by atoms with E-state index in [1.807, 2.05) is 13.8 Å². The first kappa shape index (κ1) is 33.0. The fourth-order valence-electron chi connectivity index (χ4n) is 4.77. The largest absolute Gasteiger partial charge is 0.504 e. The molecule has 0 bridgehead atoms. The molecular weight excluding hydrogens is 592 g/mol. The van der Waals surface area contributed by atoms with Gasteiger partial charge in [0.2, 0.25) is 0 Å². The van der Waals surface area contributed by atoms with Gasteiger partial charge in [0.15, 0.2) is 32.8 Å². The van der Waals surface area contributed by atoms with E-state index in [0.29, 0.717) is 58.5 Å². The number of phenols is 2. The highest BCUT2D eigenvalue weighted by atomic mass is 32.2. The molecule has 0 fully saturated rings. The van der Waals surface area contributed by atoms with Gasteiger partial charge in [0.25, 0.3) is 0 Å². The zero-order valence-corrected chi connectivity index (χ0v) is 26.5. The minimum atomic E-state index is -4.02. The van der Waals surface area contributed by atoms with Crippen molar-refractivity contribution in [1.82, 2.24) is 0 Å². The van der Waals surface area contributed by atoms with Crippen LogP contribution in [0.5, 0.6) is 34.5 Å². The molecule has 0 aliphatic carbocycles. The number of ether oxygens (including phenoxy) is 4. The summed E-state index contributed by atoms with van der Waals surface area (Å²) in [6, 6.07) is 23.6. The molecule has 2 unspecified atom stereocenters. The monoisotopic (exact) mass is 630 g/mol. The molecule has 236 valence electrons. The standard InChI is InChI=1S/C36H38O8S/c1-5-43-33-23-25(7-19-31(33)37)9-21-35(27-11-15-29(41-3)16-12-27)45(39,40)36(28-13-17-30(42-4)18-14-28)22-10-26-8-20-32(38)34(24-26)44-6-2/h7-24,35-38H,5-6H2,1-4H3. The zero-order chi connectivity index (χ0) is 32.4. The summed E-state index contributed by atoms with van der Waals surface area (Å²) in [5.74, 6) is 1.82. The number of benzene rings is 4. The molecule has 4 aromatic carbocycles. The van der Waals surface area contributed by atoms with Crippen LogP contribution in [0.1, 0.15) is 46.6 Å². The molecule has 0 saturated heterocycles. The summed E-state index contributed by atoms with van der Waals surface area (Å²) < 4.78 is 51.1. The Labute approximate surface area is 264 Å². The second-order valence-corrected chi connectivity index (χ2v) is 12.2. The van der Waals surface area contributed by atoms with E-state index in [1.54, 1.807) is 111 Å². The topological polar surface area (TPSA) is 112 Å². The number of aromatic hydroxyl groups is 2. The summed E-state index contributed by atoms with van der Waals surface area (Å²) in [7, 11) is -0.922. The summed E-state index contributed by atoms with van der Waals surface area (Å²) in [4.78, 5) is 0. The van der Waals surface area contributed by atoms with Crippen LogP contribution in [0.3, 0.4) is 0 Å². The molecule has 0 aliphatic rings. The lowest BCUT2D eigenvalue weighted by Gasteiger charge is -2.22. The van der Waals surface area contributed by atoms with Crippen LogP contribution >= 0.6 is 0 Å². The lowest BCUT2D eigenvalue weighted by molar-refractivity contribution is 0.318. The van der Waals surface area contributed by atoms with Gasteiger partial charge in [0, 0.05) is 0 Å². The van der Waals surface area contributed by atoms with E-state index in [2.05, 4.69) is 0 Å². The Morgan fingerprint density at radius 3 is 1.33 bits per heavy atom. The molecular formula is C36H38O8S. The summed E-state index contributed by atoms with van der Waals surface area (Å²) >= 11 is 0. The Morgan fingerprint density at radius 1 is 0.622 bits per heavy atom. The van der Waals surface area contributed by atoms with Gasteiger partial charge in [0.1, 0.15) is 22.0 Å². The number of rotatable bonds is 14. The predicted octanol–water partition coefficient (Wildman–Crippen LogP) is 7.54. The molecule has 0 heterocycles. The van der Waals surface area contributed by atoms with Gasteiger partial charge < -0.3 is 29.2 Å². The third-order valence-electron chi connectivity index (χ3n) is 7.09. The SMILES string of the molecule is CCOc1cc(C=CC(c2ccc(OC)cc2)S(=O)(=O)C(C=Cc2ccc(O)c(OCC)c2)c2ccc(OC)cc2)ccc1O. The molecule has 4 aromatic rings. The third-order valence-corrected chi connectivity index (χ3v) is 9.37. The molecule has 0 aliphatic heterocycles. The molecule has 4 rings (SSSR count). The number of phenolic OH excluding ortho intramolecular Hbond substituents is 2. The van der Waals surface area contributed by atoms with Crippen LogP contribution in [0, 0.1) is 0 Å². The molecule has 45 heavy (non-hydrogen) atoms. The zero-order valence-electron chi connectivity index (χ0n) is 25.7. The summed E-state index contributed by atoms with van der Waals surface area (Å²) in [6.07, 6.45) is 6.68. The van der Waals surface area contributed by atoms with E-state index < -0.39 is 20.3 Å². The summed E-state index contributed by atoms with van der Waals surface area (Å²) in [6.45, 7) is 4.37. The van der Waals surface area contributed by atoms with Gasteiger partial charge in [-0.2, -0.15) is 0 Å². The van der Waals surface area contributed by atoms with Gasteiger partial charge >= 0.3 is 0 Å². The van der Waals surface area contributed by atoms with Crippen LogP contribution in [0.4, 0.5) is 0 Å². The van der Waals surface area contributed by atoms with Crippen molar-refractivity contribution in [3.63, 3.8) is 0 Å². The van der Waals surface area contributed by atoms with Crippen molar-refractivity contribution in [2.45, 2.75) is 24.3 Å². The fourth-order valence-corrected chi connectivity index (χ4v) is 6.76. The quantitative estimate of drug-likeness (QED) is 0.147. The number of hydrogen-bond donors (Lipinski definition) is 2. The van der Waals surface area contributed by atoms with Gasteiger partial charge in [-0.3, -0.25) is 0 Å². The molecule has 9 heteroatoms. The van der Waals surface area contributed by atoms with Crippen molar-refractivity contribution in [3.05, 3.63) is 119 Å². The Bertz CT molecular complexity index is 1600. The van der Waals surface area contributed by atoms with Crippen LogP contribution in [0.25, 0.3) is 12.2 Å². The molecule has 2 N–H and O–H groups in total. The minimum absolute atomic E-state index is 0.000224. The number of sulfone groups is 1. The van der Waals surface area contributed by atoms with Crippen molar-refractivity contribution in [2.24, 2.45) is 0 Å². The molecule has 0 spiro atoms. The maximum atomic E-state index is 14.7. The molecule has 0 saturated carbocycles. The fraction of sp³-hybridized carbons (Fsp3) is 0.222. The van der Waals surface area contributed by atoms with Gasteiger partial charge in [-0.15, -0.1) is 0 Å². The Hall–Kier alpha value is -4.89. The van der Waals surface area contributed by atoms with Crippen molar-refractivity contribution in [3.8, 4) is 34.5 Å². The van der Waals surface area contributed by atoms with Crippen LogP contribution in [-0.2, 0) is 9.84 Å². The van der Waals surface area contributed by atoms with Gasteiger partial charge in [0.05, 0.1) is 27.4 Å². The van der Waals surface area contributed by atoms with E-state index in [4.69, 9.17) is 18.9 Å². The van der Waals surface area contributed by atoms with Crippen LogP contribution in [-0.4, -0.2) is 46.1 Å². The van der Waals surface area contributed by atoms with Crippen molar-refractivity contribution >= 4 is 22.0 Å². The van der Waals surface area contributed by atoms with Crippen LogP contribution < -0.4 is 18.9 Å². The van der Waals surface area contributed by atoms with Gasteiger partial charge in [-0.25, -0.2) is 8.42 Å². The highest BCUT2D eigenvalue weighted by molar-refractivity contribution is 7.92. The first-order valence-electron chi connectivity index (χ1n) is 14.5. The van der Waals surface area contributed by atoms with E-state index >= 15 is 0 Å². The lowest BCUT2D eigenvalue weighted by Crippen LogP contribution is -2.19. The Kier molecular flexibility index (Phi) is 11.2. The summed E-state index contributed by atoms with van der Waals surface area (Å²) in [5, 5.41) is 18.2. The smallest absolute Gasteiger partial charge is 0.171 e. The average Bonchev–Trinajstić information content (AvgIpc) is 3.04. The number of hydrogen-bond acceptors (Lipinski definition) is 8. The van der Waals surface area contributed by atoms with Crippen LogP contribution in [0.2, 0.25) is 0 Å². The predicted molar refractivity (Wildman–Crippen MR) is 177 cm³/mol. The van der Waals surface area contributed by atoms with Crippen molar-refractivity contribution < 1.29 is 37.6 Å². The summed E-state index contributed by atoms with van der Waals surface area (Å²) in [5.41, 5.74) is 2.42. The third kappa shape index (κ3) is 8.19. The van der Waals surface area contributed by atoms with Gasteiger partial charge in [-0.1, -0.05) is 60.7 Å². The van der Waals surface area contributed by atoms with Crippen LogP contribution in [0.15, 0.2) is 97.1 Å². The highest BCUT2D eigenvalue weighted by Gasteiger charge is 2.33. The van der Waals surface area contributed by atoms with E-state index in [1.165, 1.54) is 12.1 Å². The highest BCUT2D eigenvalue weighted by Crippen LogP contribution is 2.39. The molecule has 2 atom stereocenters. The van der Waals surface area contributed by atoms with Crippen molar-refractivity contribution in [1.29, 1.82) is 0 Å². The maximum Gasteiger partial charge on any atom is 0.171 e. The second-order valence-electron chi connectivity index (χ2n) is 10.0. The molecule has 0 radical (unpaired) electrons. The maximum absolute atomic E-state index is 14.7. The molecule has 0 aromatic heterocycles. The molecule has 8 nitrogen and oxygen atoms in total.